The minimum atomic E-state index is -3.49. The fourth-order valence-corrected chi connectivity index (χ4v) is 6.63. The Morgan fingerprint density at radius 1 is 1.00 bits per heavy atom. The fraction of sp³-hybridized carbons (Fsp3) is 0.393. The van der Waals surface area contributed by atoms with E-state index in [1.165, 1.54) is 11.3 Å². The van der Waals surface area contributed by atoms with Crippen LogP contribution in [0.5, 0.6) is 0 Å². The number of hydrogen-bond donors (Lipinski definition) is 1. The molecule has 0 atom stereocenters. The van der Waals surface area contributed by atoms with Crippen LogP contribution in [0.1, 0.15) is 39.1 Å². The lowest BCUT2D eigenvalue weighted by molar-refractivity contribution is -0.119. The number of amides is 1. The first-order valence-electron chi connectivity index (χ1n) is 12.4. The third-order valence-corrected chi connectivity index (χ3v) is 8.58. The molecular weight excluding hydrogens is 495 g/mol. The molecule has 0 saturated carbocycles. The van der Waals surface area contributed by atoms with E-state index in [1.54, 1.807) is 13.8 Å². The van der Waals surface area contributed by atoms with Crippen molar-refractivity contribution in [3.8, 4) is 22.3 Å². The molecule has 8 heteroatoms. The molecule has 0 radical (unpaired) electrons. The molecule has 0 spiro atoms. The Balaban J connectivity index is 1.76. The largest absolute Gasteiger partial charge is 0.350 e. The molecule has 6 nitrogen and oxygen atoms in total. The summed E-state index contributed by atoms with van der Waals surface area (Å²) < 4.78 is 25.9. The number of aromatic nitrogens is 1. The van der Waals surface area contributed by atoms with Crippen molar-refractivity contribution in [1.29, 1.82) is 0 Å². The molecule has 0 fully saturated rings. The quantitative estimate of drug-likeness (QED) is 0.289. The highest BCUT2D eigenvalue weighted by Crippen LogP contribution is 2.48. The van der Waals surface area contributed by atoms with E-state index in [0.717, 1.165) is 35.3 Å². The van der Waals surface area contributed by atoms with Gasteiger partial charge in [0.15, 0.2) is 0 Å². The summed E-state index contributed by atoms with van der Waals surface area (Å²) in [5, 5.41) is 3.67. The van der Waals surface area contributed by atoms with Crippen molar-refractivity contribution in [2.75, 3.05) is 19.4 Å². The molecule has 2 aromatic carbocycles. The van der Waals surface area contributed by atoms with Gasteiger partial charge in [0.1, 0.15) is 6.16 Å². The van der Waals surface area contributed by atoms with E-state index in [-0.39, 0.29) is 30.7 Å². The van der Waals surface area contributed by atoms with Crippen LogP contribution in [0.2, 0.25) is 5.02 Å². The van der Waals surface area contributed by atoms with Crippen molar-refractivity contribution in [2.24, 2.45) is 5.41 Å². The van der Waals surface area contributed by atoms with Crippen LogP contribution in [-0.2, 0) is 37.9 Å². The zero-order valence-electron chi connectivity index (χ0n) is 21.3. The minimum Gasteiger partial charge on any atom is -0.350 e. The normalized spacial score (nSPS) is 14.6. The lowest BCUT2D eigenvalue weighted by Gasteiger charge is -2.20. The summed E-state index contributed by atoms with van der Waals surface area (Å²) in [7, 11) is -3.49. The minimum absolute atomic E-state index is 0.0930. The highest BCUT2D eigenvalue weighted by atomic mass is 35.5. The molecule has 1 amide bonds. The third kappa shape index (κ3) is 5.78. The highest BCUT2D eigenvalue weighted by molar-refractivity contribution is 7.54. The molecule has 1 aliphatic rings. The van der Waals surface area contributed by atoms with Crippen LogP contribution in [0.15, 0.2) is 54.6 Å². The van der Waals surface area contributed by atoms with Gasteiger partial charge in [-0.15, -0.1) is 0 Å². The summed E-state index contributed by atoms with van der Waals surface area (Å²) in [6.07, 6.45) is 0.616. The van der Waals surface area contributed by atoms with E-state index >= 15 is 0 Å². The summed E-state index contributed by atoms with van der Waals surface area (Å²) in [4.78, 5) is 12.9. The SMILES string of the molecule is CCOP(=O)(CC(=O)NCc1c(-c2ccc(Cl)cc2)c(-c2ccccc2)c2n1CC(C)(C)C2)OCC. The number of nitrogens with one attached hydrogen (secondary N) is 1. The predicted molar refractivity (Wildman–Crippen MR) is 145 cm³/mol. The molecule has 192 valence electrons. The average Bonchev–Trinajstić information content (AvgIpc) is 3.28. The lowest BCUT2D eigenvalue weighted by Crippen LogP contribution is -2.28. The Bertz CT molecular complexity index is 1260. The van der Waals surface area contributed by atoms with E-state index in [9.17, 15) is 9.36 Å². The molecule has 0 aliphatic carbocycles. The second-order valence-electron chi connectivity index (χ2n) is 9.82. The standard InChI is InChI=1S/C28H34ClN2O4P/c1-5-34-36(33,35-6-2)18-25(32)30-17-24-27(21-12-14-22(29)15-13-21)26(20-10-8-7-9-11-20)23-16-28(3,4)19-31(23)24/h7-15H,5-6,16-19H2,1-4H3,(H,30,32). The first-order chi connectivity index (χ1) is 17.2. The second kappa shape index (κ2) is 10.9. The van der Waals surface area contributed by atoms with Crippen molar-refractivity contribution in [3.63, 3.8) is 0 Å². The fourth-order valence-electron chi connectivity index (χ4n) is 5.00. The van der Waals surface area contributed by atoms with Gasteiger partial charge in [0.2, 0.25) is 5.91 Å². The molecule has 3 aromatic rings. The summed E-state index contributed by atoms with van der Waals surface area (Å²) in [6.45, 7) is 9.57. The number of benzene rings is 2. The van der Waals surface area contributed by atoms with Crippen molar-refractivity contribution in [1.82, 2.24) is 9.88 Å². The van der Waals surface area contributed by atoms with E-state index < -0.39 is 7.60 Å². The number of fused-ring (bicyclic) bond motifs is 1. The Kier molecular flexibility index (Phi) is 8.11. The number of rotatable bonds is 10. The van der Waals surface area contributed by atoms with E-state index in [0.29, 0.717) is 11.6 Å². The molecule has 2 heterocycles. The van der Waals surface area contributed by atoms with Gasteiger partial charge in [-0.1, -0.05) is 67.9 Å². The first kappa shape index (κ1) is 26.7. The van der Waals surface area contributed by atoms with Gasteiger partial charge in [0.05, 0.1) is 19.8 Å². The van der Waals surface area contributed by atoms with Crippen molar-refractivity contribution >= 4 is 25.1 Å². The first-order valence-corrected chi connectivity index (χ1v) is 14.5. The van der Waals surface area contributed by atoms with Gasteiger partial charge in [-0.2, -0.15) is 0 Å². The number of nitrogens with zero attached hydrogens (tertiary/aromatic N) is 1. The van der Waals surface area contributed by atoms with Crippen LogP contribution in [-0.4, -0.2) is 29.8 Å². The molecule has 1 aromatic heterocycles. The highest BCUT2D eigenvalue weighted by Gasteiger charge is 2.36. The molecule has 0 saturated heterocycles. The summed E-state index contributed by atoms with van der Waals surface area (Å²) in [6, 6.07) is 18.2. The van der Waals surface area contributed by atoms with Gasteiger partial charge in [-0.05, 0) is 48.9 Å². The Labute approximate surface area is 218 Å². The maximum absolute atomic E-state index is 12.9. The molecule has 1 aliphatic heterocycles. The van der Waals surface area contributed by atoms with Gasteiger partial charge in [-0.3, -0.25) is 9.36 Å². The van der Waals surface area contributed by atoms with Crippen molar-refractivity contribution in [3.05, 3.63) is 71.0 Å². The van der Waals surface area contributed by atoms with Gasteiger partial charge in [0.25, 0.3) is 0 Å². The summed E-state index contributed by atoms with van der Waals surface area (Å²) in [5.41, 5.74) is 6.82. The number of halogens is 1. The van der Waals surface area contributed by atoms with Crippen LogP contribution in [0.3, 0.4) is 0 Å². The predicted octanol–water partition coefficient (Wildman–Crippen LogP) is 6.94. The zero-order chi connectivity index (χ0) is 25.9. The average molecular weight is 529 g/mol. The van der Waals surface area contributed by atoms with Crippen molar-refractivity contribution < 1.29 is 18.4 Å². The van der Waals surface area contributed by atoms with Crippen LogP contribution >= 0.6 is 19.2 Å². The monoisotopic (exact) mass is 528 g/mol. The van der Waals surface area contributed by atoms with Crippen LogP contribution in [0.4, 0.5) is 0 Å². The molecule has 0 bridgehead atoms. The van der Waals surface area contributed by atoms with Crippen LogP contribution < -0.4 is 5.32 Å². The maximum atomic E-state index is 12.9. The van der Waals surface area contributed by atoms with Crippen LogP contribution in [0, 0.1) is 5.41 Å². The Hall–Kier alpha value is -2.37. The smallest absolute Gasteiger partial charge is 0.340 e. The second-order valence-corrected chi connectivity index (χ2v) is 12.3. The van der Waals surface area contributed by atoms with Crippen LogP contribution in [0.25, 0.3) is 22.3 Å². The maximum Gasteiger partial charge on any atom is 0.340 e. The topological polar surface area (TPSA) is 69.6 Å². The van der Waals surface area contributed by atoms with Gasteiger partial charge in [0, 0.05) is 34.1 Å². The summed E-state index contributed by atoms with van der Waals surface area (Å²) in [5.74, 6) is -0.364. The zero-order valence-corrected chi connectivity index (χ0v) is 23.0. The van der Waals surface area contributed by atoms with Crippen molar-refractivity contribution in [2.45, 2.75) is 47.2 Å². The van der Waals surface area contributed by atoms with Gasteiger partial charge >= 0.3 is 7.60 Å². The lowest BCUT2D eigenvalue weighted by atomic mass is 9.86. The third-order valence-electron chi connectivity index (χ3n) is 6.35. The summed E-state index contributed by atoms with van der Waals surface area (Å²) >= 11 is 6.21. The Morgan fingerprint density at radius 2 is 1.61 bits per heavy atom. The van der Waals surface area contributed by atoms with E-state index in [2.05, 4.69) is 35.9 Å². The molecule has 36 heavy (non-hydrogen) atoms. The number of carbonyl (C=O) groups excluding carboxylic acids is 1. The molecule has 1 N–H and O–H groups in total. The number of hydrogen-bond acceptors (Lipinski definition) is 4. The molecule has 4 rings (SSSR count). The van der Waals surface area contributed by atoms with E-state index in [4.69, 9.17) is 20.6 Å². The van der Waals surface area contributed by atoms with Gasteiger partial charge in [-0.25, -0.2) is 0 Å². The Morgan fingerprint density at radius 3 is 2.22 bits per heavy atom. The number of carbonyl (C=O) groups is 1. The van der Waals surface area contributed by atoms with Gasteiger partial charge < -0.3 is 18.9 Å². The molecule has 0 unspecified atom stereocenters. The van der Waals surface area contributed by atoms with E-state index in [1.807, 2.05) is 42.5 Å². The molecular formula is C28H34ClN2O4P.